The summed E-state index contributed by atoms with van der Waals surface area (Å²) in [4.78, 5) is 39.2. The fourth-order valence-corrected chi connectivity index (χ4v) is 6.03. The summed E-state index contributed by atoms with van der Waals surface area (Å²) in [6.45, 7) is 8.21. The van der Waals surface area contributed by atoms with Crippen molar-refractivity contribution in [2.24, 2.45) is 0 Å². The minimum atomic E-state index is -1.35. The van der Waals surface area contributed by atoms with Crippen LogP contribution in [0, 0.1) is 11.6 Å². The Hall–Kier alpha value is -3.67. The first-order chi connectivity index (χ1) is 20.5. The van der Waals surface area contributed by atoms with Gasteiger partial charge in [0.1, 0.15) is 18.6 Å². The van der Waals surface area contributed by atoms with Crippen LogP contribution in [-0.2, 0) is 29.4 Å². The SMILES string of the molecule is C[Si](C)(C)CCOCn1c(CN(C(=O)c2cccnc2)[C@@H]2CCN(Cc3ccc(F)cc3)C2=O)cc2nc(Cl)c(F)cc21. The molecule has 5 rings (SSSR count). The molecular weight excluding hydrogens is 592 g/mol. The number of aromatic nitrogens is 3. The topological polar surface area (TPSA) is 80.6 Å². The summed E-state index contributed by atoms with van der Waals surface area (Å²) in [6.07, 6.45) is 3.46. The number of amides is 2. The summed E-state index contributed by atoms with van der Waals surface area (Å²) in [5.74, 6) is -1.57. The van der Waals surface area contributed by atoms with Gasteiger partial charge in [-0.1, -0.05) is 43.4 Å². The molecule has 0 aliphatic carbocycles. The number of likely N-dealkylation sites (tertiary alicyclic amines) is 1. The van der Waals surface area contributed by atoms with Crippen molar-refractivity contribution in [3.05, 3.63) is 94.5 Å². The normalized spacial score (nSPS) is 15.4. The summed E-state index contributed by atoms with van der Waals surface area (Å²) >= 11 is 6.01. The minimum Gasteiger partial charge on any atom is -0.361 e. The highest BCUT2D eigenvalue weighted by Gasteiger charge is 2.39. The molecule has 1 saturated heterocycles. The lowest BCUT2D eigenvalue weighted by molar-refractivity contribution is -0.132. The lowest BCUT2D eigenvalue weighted by Gasteiger charge is -2.29. The molecule has 1 atom stereocenters. The molecule has 0 radical (unpaired) electrons. The van der Waals surface area contributed by atoms with Crippen LogP contribution in [0.25, 0.3) is 11.0 Å². The Morgan fingerprint density at radius 2 is 1.93 bits per heavy atom. The highest BCUT2D eigenvalue weighted by molar-refractivity contribution is 6.76. The number of rotatable bonds is 11. The maximum atomic E-state index is 14.6. The van der Waals surface area contributed by atoms with Crippen molar-refractivity contribution in [2.45, 2.75) is 58.0 Å². The van der Waals surface area contributed by atoms with Crippen LogP contribution in [-0.4, -0.2) is 63.4 Å². The van der Waals surface area contributed by atoms with E-state index in [9.17, 15) is 18.4 Å². The van der Waals surface area contributed by atoms with Crippen molar-refractivity contribution in [3.8, 4) is 0 Å². The van der Waals surface area contributed by atoms with E-state index in [-0.39, 0.29) is 36.1 Å². The third-order valence-corrected chi connectivity index (χ3v) is 9.50. The number of fused-ring (bicyclic) bond motifs is 1. The summed E-state index contributed by atoms with van der Waals surface area (Å²) < 4.78 is 35.8. The quantitative estimate of drug-likeness (QED) is 0.114. The van der Waals surface area contributed by atoms with E-state index in [1.54, 1.807) is 46.0 Å². The number of hydrogen-bond acceptors (Lipinski definition) is 5. The van der Waals surface area contributed by atoms with Crippen LogP contribution in [0.15, 0.2) is 60.9 Å². The fraction of sp³-hybridized carbons (Fsp3) is 0.355. The lowest BCUT2D eigenvalue weighted by Crippen LogP contribution is -2.45. The minimum absolute atomic E-state index is 0.0432. The second kappa shape index (κ2) is 12.9. The van der Waals surface area contributed by atoms with Gasteiger partial charge in [0.25, 0.3) is 5.91 Å². The highest BCUT2D eigenvalue weighted by atomic mass is 35.5. The lowest BCUT2D eigenvalue weighted by atomic mass is 10.1. The summed E-state index contributed by atoms with van der Waals surface area (Å²) in [5.41, 5.74) is 2.70. The van der Waals surface area contributed by atoms with Crippen LogP contribution in [0.4, 0.5) is 8.78 Å². The van der Waals surface area contributed by atoms with Gasteiger partial charge in [-0.15, -0.1) is 0 Å². The highest BCUT2D eigenvalue weighted by Crippen LogP contribution is 2.28. The van der Waals surface area contributed by atoms with Crippen LogP contribution in [0.2, 0.25) is 30.8 Å². The van der Waals surface area contributed by atoms with Crippen molar-refractivity contribution in [3.63, 3.8) is 0 Å². The molecule has 4 aromatic rings. The van der Waals surface area contributed by atoms with E-state index < -0.39 is 19.9 Å². The molecule has 1 aliphatic heterocycles. The molecule has 8 nitrogen and oxygen atoms in total. The molecule has 1 fully saturated rings. The van der Waals surface area contributed by atoms with Crippen molar-refractivity contribution >= 4 is 42.5 Å². The van der Waals surface area contributed by atoms with E-state index >= 15 is 0 Å². The summed E-state index contributed by atoms with van der Waals surface area (Å²) in [7, 11) is -1.35. The van der Waals surface area contributed by atoms with Gasteiger partial charge in [0, 0.05) is 51.9 Å². The Balaban J connectivity index is 1.47. The fourth-order valence-electron chi connectivity index (χ4n) is 5.13. The van der Waals surface area contributed by atoms with Gasteiger partial charge in [0.05, 0.1) is 23.1 Å². The average molecular weight is 626 g/mol. The largest absolute Gasteiger partial charge is 0.361 e. The Kier molecular flexibility index (Phi) is 9.24. The van der Waals surface area contributed by atoms with Crippen molar-refractivity contribution in [1.29, 1.82) is 0 Å². The maximum Gasteiger partial charge on any atom is 0.256 e. The molecule has 0 N–H and O–H groups in total. The van der Waals surface area contributed by atoms with E-state index in [0.717, 1.165) is 11.6 Å². The first-order valence-corrected chi connectivity index (χ1v) is 18.2. The Bertz CT molecular complexity index is 1610. The van der Waals surface area contributed by atoms with E-state index in [4.69, 9.17) is 16.3 Å². The van der Waals surface area contributed by atoms with E-state index in [1.165, 1.54) is 29.3 Å². The molecule has 4 heterocycles. The van der Waals surface area contributed by atoms with Gasteiger partial charge in [-0.05, 0) is 48.4 Å². The molecule has 3 aromatic heterocycles. The van der Waals surface area contributed by atoms with Crippen LogP contribution < -0.4 is 0 Å². The number of nitrogens with zero attached hydrogens (tertiary/aromatic N) is 5. The van der Waals surface area contributed by atoms with Crippen LogP contribution >= 0.6 is 11.6 Å². The molecule has 0 saturated carbocycles. The van der Waals surface area contributed by atoms with Crippen molar-refractivity contribution in [2.75, 3.05) is 13.2 Å². The number of pyridine rings is 2. The molecule has 1 aromatic carbocycles. The molecule has 1 aliphatic rings. The second-order valence-corrected chi connectivity index (χ2v) is 17.9. The number of benzene rings is 1. The molecule has 12 heteroatoms. The van der Waals surface area contributed by atoms with Gasteiger partial charge in [0.15, 0.2) is 11.0 Å². The number of ether oxygens (including phenoxy) is 1. The molecule has 0 unspecified atom stereocenters. The second-order valence-electron chi connectivity index (χ2n) is 11.9. The van der Waals surface area contributed by atoms with Gasteiger partial charge >= 0.3 is 0 Å². The van der Waals surface area contributed by atoms with Gasteiger partial charge in [-0.3, -0.25) is 14.6 Å². The molecule has 0 spiro atoms. The monoisotopic (exact) mass is 625 g/mol. The summed E-state index contributed by atoms with van der Waals surface area (Å²) in [5, 5.41) is -0.249. The molecule has 2 amide bonds. The van der Waals surface area contributed by atoms with Gasteiger partial charge < -0.3 is 19.1 Å². The maximum absolute atomic E-state index is 14.6. The number of carbonyl (C=O) groups is 2. The zero-order chi connectivity index (χ0) is 30.7. The first-order valence-electron chi connectivity index (χ1n) is 14.2. The zero-order valence-corrected chi connectivity index (χ0v) is 26.2. The Morgan fingerprint density at radius 1 is 1.16 bits per heavy atom. The average Bonchev–Trinajstić information content (AvgIpc) is 3.49. The number of hydrogen-bond donors (Lipinski definition) is 0. The van der Waals surface area contributed by atoms with Gasteiger partial charge in [0.2, 0.25) is 5.91 Å². The molecular formula is C31H34ClF2N5O3Si. The van der Waals surface area contributed by atoms with Crippen molar-refractivity contribution in [1.82, 2.24) is 24.3 Å². The molecule has 226 valence electrons. The predicted molar refractivity (Wildman–Crippen MR) is 163 cm³/mol. The Morgan fingerprint density at radius 3 is 2.63 bits per heavy atom. The third-order valence-electron chi connectivity index (χ3n) is 7.53. The standard InChI is InChI=1S/C31H34ClF2N5O3Si/c1-43(2,3)14-13-42-20-39-24(15-26-28(39)16-25(34)29(32)36-26)19-38(30(40)22-5-4-11-35-17-22)27-10-12-37(31(27)41)18-21-6-8-23(33)9-7-21/h4-9,11,15-17,27H,10,12-14,18-20H2,1-3H3/t27-/m1/s1. The van der Waals surface area contributed by atoms with Crippen LogP contribution in [0.5, 0.6) is 0 Å². The summed E-state index contributed by atoms with van der Waals surface area (Å²) in [6, 6.07) is 12.6. The van der Waals surface area contributed by atoms with Crippen molar-refractivity contribution < 1.29 is 23.1 Å². The third kappa shape index (κ3) is 7.28. The zero-order valence-electron chi connectivity index (χ0n) is 24.4. The van der Waals surface area contributed by atoms with E-state index in [2.05, 4.69) is 29.6 Å². The van der Waals surface area contributed by atoms with Crippen LogP contribution in [0.1, 0.15) is 28.0 Å². The number of carbonyl (C=O) groups excluding carboxylic acids is 2. The molecule has 0 bridgehead atoms. The predicted octanol–water partition coefficient (Wildman–Crippen LogP) is 6.12. The van der Waals surface area contributed by atoms with Gasteiger partial charge in [-0.2, -0.15) is 0 Å². The van der Waals surface area contributed by atoms with Crippen LogP contribution in [0.3, 0.4) is 0 Å². The first kappa shape index (κ1) is 30.8. The van der Waals surface area contributed by atoms with Gasteiger partial charge in [-0.25, -0.2) is 13.8 Å². The molecule has 43 heavy (non-hydrogen) atoms. The smallest absolute Gasteiger partial charge is 0.256 e. The van der Waals surface area contributed by atoms with E-state index in [0.29, 0.717) is 48.4 Å². The number of halogens is 3. The van der Waals surface area contributed by atoms with E-state index in [1.807, 2.05) is 0 Å². The Labute approximate surface area is 255 Å².